The van der Waals surface area contributed by atoms with Crippen LogP contribution in [-0.2, 0) is 25.5 Å². The van der Waals surface area contributed by atoms with Crippen LogP contribution in [0.2, 0.25) is 0 Å². The first kappa shape index (κ1) is 21.5. The van der Waals surface area contributed by atoms with Crippen molar-refractivity contribution >= 4 is 39.4 Å². The lowest BCUT2D eigenvalue weighted by atomic mass is 10.1. The third-order valence-electron chi connectivity index (χ3n) is 3.65. The number of carbonyl (C=O) groups is 3. The molecule has 2 aromatic heterocycles. The van der Waals surface area contributed by atoms with E-state index in [0.29, 0.717) is 10.7 Å². The highest BCUT2D eigenvalue weighted by atomic mass is 32.1. The minimum absolute atomic E-state index is 0.102. The number of aromatic nitrogens is 2. The highest BCUT2D eigenvalue weighted by Gasteiger charge is 2.27. The number of H-pyrrole nitrogens is 1. The summed E-state index contributed by atoms with van der Waals surface area (Å²) < 4.78 is 9.93. The molecule has 0 bridgehead atoms. The maximum atomic E-state index is 12.4. The van der Waals surface area contributed by atoms with E-state index in [9.17, 15) is 19.2 Å². The predicted octanol–water partition coefficient (Wildman–Crippen LogP) is 1.47. The molecule has 0 fully saturated rings. The summed E-state index contributed by atoms with van der Waals surface area (Å²) in [5, 5.41) is 2.85. The Morgan fingerprint density at radius 3 is 2.50 bits per heavy atom. The van der Waals surface area contributed by atoms with Crippen LogP contribution in [0.1, 0.15) is 48.8 Å². The van der Waals surface area contributed by atoms with Crippen LogP contribution in [0.3, 0.4) is 0 Å². The van der Waals surface area contributed by atoms with Gasteiger partial charge >= 0.3 is 11.9 Å². The maximum absolute atomic E-state index is 12.4. The molecule has 1 atom stereocenters. The van der Waals surface area contributed by atoms with Gasteiger partial charge in [0.05, 0.1) is 18.9 Å². The molecule has 0 aliphatic carbocycles. The quantitative estimate of drug-likeness (QED) is 0.716. The third-order valence-corrected chi connectivity index (χ3v) is 4.75. The Labute approximate surface area is 165 Å². The fourth-order valence-corrected chi connectivity index (χ4v) is 3.66. The van der Waals surface area contributed by atoms with Crippen molar-refractivity contribution in [3.63, 3.8) is 0 Å². The second kappa shape index (κ2) is 8.09. The number of aromatic amines is 1. The molecule has 2 rings (SSSR count). The first-order valence-corrected chi connectivity index (χ1v) is 9.36. The molecular weight excluding hydrogens is 386 g/mol. The molecule has 0 saturated heterocycles. The van der Waals surface area contributed by atoms with E-state index < -0.39 is 35.0 Å². The number of hydrogen-bond donors (Lipinski definition) is 2. The van der Waals surface area contributed by atoms with Crippen LogP contribution < -0.4 is 10.9 Å². The molecule has 0 aliphatic heterocycles. The van der Waals surface area contributed by atoms with E-state index in [1.54, 1.807) is 27.7 Å². The number of amides is 1. The van der Waals surface area contributed by atoms with Crippen LogP contribution in [0.5, 0.6) is 0 Å². The number of carbonyl (C=O) groups excluding carboxylic acids is 3. The number of rotatable bonds is 5. The van der Waals surface area contributed by atoms with Gasteiger partial charge in [0.15, 0.2) is 6.10 Å². The monoisotopic (exact) mass is 409 g/mol. The summed E-state index contributed by atoms with van der Waals surface area (Å²) in [7, 11) is 1.21. The molecule has 152 valence electrons. The van der Waals surface area contributed by atoms with Crippen LogP contribution in [-0.4, -0.2) is 46.6 Å². The smallest absolute Gasteiger partial charge is 0.348 e. The van der Waals surface area contributed by atoms with E-state index in [4.69, 9.17) is 9.47 Å². The number of fused-ring (bicyclic) bond motifs is 1. The first-order valence-electron chi connectivity index (χ1n) is 8.55. The average Bonchev–Trinajstić information content (AvgIpc) is 2.90. The van der Waals surface area contributed by atoms with E-state index in [-0.39, 0.29) is 22.2 Å². The second-order valence-corrected chi connectivity index (χ2v) is 8.28. The molecule has 2 N–H and O–H groups in total. The zero-order valence-electron chi connectivity index (χ0n) is 16.6. The molecule has 0 spiro atoms. The van der Waals surface area contributed by atoms with Gasteiger partial charge in [-0.05, 0) is 34.6 Å². The number of thiophene rings is 1. The number of ether oxygens (including phenoxy) is 2. The molecule has 0 aliphatic rings. The molecular formula is C18H23N3O6S. The van der Waals surface area contributed by atoms with Gasteiger partial charge in [0.25, 0.3) is 11.5 Å². The highest BCUT2D eigenvalue weighted by Crippen LogP contribution is 2.29. The van der Waals surface area contributed by atoms with Crippen LogP contribution in [0.4, 0.5) is 0 Å². The highest BCUT2D eigenvalue weighted by molar-refractivity contribution is 7.20. The fourth-order valence-electron chi connectivity index (χ4n) is 2.51. The Hall–Kier alpha value is -2.75. The summed E-state index contributed by atoms with van der Waals surface area (Å²) in [4.78, 5) is 56.1. The average molecular weight is 409 g/mol. The van der Waals surface area contributed by atoms with Gasteiger partial charge in [0.1, 0.15) is 15.5 Å². The van der Waals surface area contributed by atoms with Gasteiger partial charge in [0, 0.05) is 11.1 Å². The van der Waals surface area contributed by atoms with Crippen molar-refractivity contribution in [1.29, 1.82) is 0 Å². The van der Waals surface area contributed by atoms with E-state index in [2.05, 4.69) is 15.3 Å². The van der Waals surface area contributed by atoms with Crippen LogP contribution in [0, 0.1) is 6.92 Å². The maximum Gasteiger partial charge on any atom is 0.348 e. The van der Waals surface area contributed by atoms with Gasteiger partial charge in [-0.15, -0.1) is 11.3 Å². The minimum Gasteiger partial charge on any atom is -0.465 e. The lowest BCUT2D eigenvalue weighted by Gasteiger charge is -2.23. The van der Waals surface area contributed by atoms with E-state index in [1.807, 2.05) is 0 Å². The molecule has 2 aromatic rings. The molecule has 28 heavy (non-hydrogen) atoms. The number of nitrogens with one attached hydrogen (secondary N) is 2. The van der Waals surface area contributed by atoms with Crippen molar-refractivity contribution < 1.29 is 23.9 Å². The molecule has 0 unspecified atom stereocenters. The number of aryl methyl sites for hydroxylation is 1. The summed E-state index contributed by atoms with van der Waals surface area (Å²) in [6, 6.07) is 0. The van der Waals surface area contributed by atoms with Crippen molar-refractivity contribution in [2.45, 2.75) is 52.7 Å². The summed E-state index contributed by atoms with van der Waals surface area (Å²) in [5.41, 5.74) is -0.764. The van der Waals surface area contributed by atoms with Crippen LogP contribution in [0.25, 0.3) is 10.2 Å². The molecule has 9 nitrogen and oxygen atoms in total. The van der Waals surface area contributed by atoms with Gasteiger partial charge in [-0.3, -0.25) is 14.4 Å². The molecule has 0 saturated carbocycles. The zero-order valence-corrected chi connectivity index (χ0v) is 17.4. The van der Waals surface area contributed by atoms with Crippen molar-refractivity contribution in [3.8, 4) is 0 Å². The number of nitrogens with zero attached hydrogens (tertiary/aromatic N) is 1. The number of hydrogen-bond acceptors (Lipinski definition) is 8. The first-order chi connectivity index (χ1) is 12.9. The van der Waals surface area contributed by atoms with E-state index in [1.165, 1.54) is 14.0 Å². The summed E-state index contributed by atoms with van der Waals surface area (Å²) in [5.74, 6) is -1.49. The van der Waals surface area contributed by atoms with Gasteiger partial charge < -0.3 is 19.8 Å². The third kappa shape index (κ3) is 4.94. The van der Waals surface area contributed by atoms with Gasteiger partial charge in [-0.2, -0.15) is 0 Å². The summed E-state index contributed by atoms with van der Waals surface area (Å²) in [6.45, 7) is 8.48. The predicted molar refractivity (Wildman–Crippen MR) is 103 cm³/mol. The van der Waals surface area contributed by atoms with Gasteiger partial charge in [-0.1, -0.05) is 0 Å². The second-order valence-electron chi connectivity index (χ2n) is 7.28. The lowest BCUT2D eigenvalue weighted by Crippen LogP contribution is -2.46. The van der Waals surface area contributed by atoms with E-state index >= 15 is 0 Å². The van der Waals surface area contributed by atoms with Gasteiger partial charge in [0.2, 0.25) is 0 Å². The Bertz CT molecular complexity index is 986. The van der Waals surface area contributed by atoms with Crippen molar-refractivity contribution in [1.82, 2.24) is 15.3 Å². The largest absolute Gasteiger partial charge is 0.465 e. The Morgan fingerprint density at radius 1 is 1.29 bits per heavy atom. The molecule has 10 heteroatoms. The molecule has 0 aromatic carbocycles. The van der Waals surface area contributed by atoms with Gasteiger partial charge in [-0.25, -0.2) is 9.78 Å². The Balaban J connectivity index is 2.32. The van der Waals surface area contributed by atoms with Crippen molar-refractivity contribution in [2.24, 2.45) is 0 Å². The number of esters is 2. The summed E-state index contributed by atoms with van der Waals surface area (Å²) >= 11 is 0.967. The minimum atomic E-state index is -1.03. The standard InChI is InChI=1S/C18H23N3O6S/c1-8(14(23)21-18(3,4)5)27-11(22)7-10-12-15(24)19-9(2)20-16(12)28-13(10)17(25)26-6/h8H,7H2,1-6H3,(H,21,23)(H,19,20,24)/t8-/m0/s1. The molecule has 0 radical (unpaired) electrons. The van der Waals surface area contributed by atoms with Crippen molar-refractivity contribution in [3.05, 3.63) is 26.6 Å². The summed E-state index contributed by atoms with van der Waals surface area (Å²) in [6.07, 6.45) is -1.40. The molecule has 1 amide bonds. The topological polar surface area (TPSA) is 127 Å². The lowest BCUT2D eigenvalue weighted by molar-refractivity contribution is -0.154. The normalized spacial score (nSPS) is 12.5. The Kier molecular flexibility index (Phi) is 6.23. The fraction of sp³-hybridized carbons (Fsp3) is 0.500. The van der Waals surface area contributed by atoms with Crippen LogP contribution in [0.15, 0.2) is 4.79 Å². The SMILES string of the molecule is COC(=O)c1sc2nc(C)[nH]c(=O)c2c1CC(=O)O[C@@H](C)C(=O)NC(C)(C)C. The zero-order chi connectivity index (χ0) is 21.2. The van der Waals surface area contributed by atoms with E-state index in [0.717, 1.165) is 11.3 Å². The van der Waals surface area contributed by atoms with Crippen LogP contribution >= 0.6 is 11.3 Å². The molecule has 2 heterocycles. The number of methoxy groups -OCH3 is 1. The Morgan fingerprint density at radius 2 is 1.93 bits per heavy atom. The van der Waals surface area contributed by atoms with Crippen molar-refractivity contribution in [2.75, 3.05) is 7.11 Å².